The predicted octanol–water partition coefficient (Wildman–Crippen LogP) is 4.79. The minimum absolute atomic E-state index is 0.0569. The van der Waals surface area contributed by atoms with Gasteiger partial charge in [0.1, 0.15) is 5.82 Å². The van der Waals surface area contributed by atoms with Crippen LogP contribution in [0.3, 0.4) is 0 Å². The summed E-state index contributed by atoms with van der Waals surface area (Å²) >= 11 is 5.57. The first-order valence-electron chi connectivity index (χ1n) is 6.17. The van der Waals surface area contributed by atoms with Crippen LogP contribution in [0.1, 0.15) is 16.7 Å². The molecular weight excluding hydrogens is 306 g/mol. The second-order valence-electron chi connectivity index (χ2n) is 4.55. The SMILES string of the molecule is Fc1cc(CNCc2ccc(C(F)(F)F)cc2)ccc1Cl. The van der Waals surface area contributed by atoms with Gasteiger partial charge in [0.05, 0.1) is 10.6 Å². The fraction of sp³-hybridized carbons (Fsp3) is 0.200. The van der Waals surface area contributed by atoms with Gasteiger partial charge >= 0.3 is 6.18 Å². The third-order valence-electron chi connectivity index (χ3n) is 2.92. The second-order valence-corrected chi connectivity index (χ2v) is 4.95. The van der Waals surface area contributed by atoms with Crippen molar-refractivity contribution >= 4 is 11.6 Å². The summed E-state index contributed by atoms with van der Waals surface area (Å²) in [4.78, 5) is 0. The van der Waals surface area contributed by atoms with Crippen LogP contribution in [0, 0.1) is 5.82 Å². The third kappa shape index (κ3) is 4.44. The normalized spacial score (nSPS) is 11.7. The largest absolute Gasteiger partial charge is 0.416 e. The number of alkyl halides is 3. The molecule has 0 aliphatic heterocycles. The maximum absolute atomic E-state index is 13.2. The first-order chi connectivity index (χ1) is 9.86. The highest BCUT2D eigenvalue weighted by atomic mass is 35.5. The molecule has 0 aliphatic rings. The Balaban J connectivity index is 1.90. The molecule has 0 spiro atoms. The Morgan fingerprint density at radius 3 is 2.05 bits per heavy atom. The Hall–Kier alpha value is -1.59. The molecule has 2 aromatic rings. The van der Waals surface area contributed by atoms with E-state index in [1.807, 2.05) is 0 Å². The van der Waals surface area contributed by atoms with Crippen molar-refractivity contribution in [2.75, 3.05) is 0 Å². The van der Waals surface area contributed by atoms with Crippen molar-refractivity contribution in [1.82, 2.24) is 5.32 Å². The fourth-order valence-electron chi connectivity index (χ4n) is 1.81. The van der Waals surface area contributed by atoms with Gasteiger partial charge in [-0.25, -0.2) is 4.39 Å². The summed E-state index contributed by atoms with van der Waals surface area (Å²) < 4.78 is 50.4. The molecule has 0 saturated carbocycles. The first-order valence-corrected chi connectivity index (χ1v) is 6.55. The Labute approximate surface area is 124 Å². The molecule has 0 heterocycles. The van der Waals surface area contributed by atoms with E-state index < -0.39 is 17.6 Å². The van der Waals surface area contributed by atoms with Crippen LogP contribution in [-0.2, 0) is 19.3 Å². The molecule has 0 unspecified atom stereocenters. The van der Waals surface area contributed by atoms with Crippen molar-refractivity contribution in [3.63, 3.8) is 0 Å². The molecule has 0 atom stereocenters. The lowest BCUT2D eigenvalue weighted by molar-refractivity contribution is -0.137. The standard InChI is InChI=1S/C15H12ClF4N/c16-13-6-3-11(7-14(13)17)9-21-8-10-1-4-12(5-2-10)15(18,19)20/h1-7,21H,8-9H2. The van der Waals surface area contributed by atoms with E-state index in [0.717, 1.165) is 17.7 Å². The topological polar surface area (TPSA) is 12.0 Å². The summed E-state index contributed by atoms with van der Waals surface area (Å²) in [6.07, 6.45) is -4.33. The quantitative estimate of drug-likeness (QED) is 0.800. The zero-order chi connectivity index (χ0) is 15.5. The van der Waals surface area contributed by atoms with E-state index in [9.17, 15) is 17.6 Å². The van der Waals surface area contributed by atoms with Gasteiger partial charge in [-0.1, -0.05) is 29.8 Å². The number of nitrogens with one attached hydrogen (secondary N) is 1. The predicted molar refractivity (Wildman–Crippen MR) is 73.4 cm³/mol. The van der Waals surface area contributed by atoms with Crippen molar-refractivity contribution in [2.24, 2.45) is 0 Å². The molecule has 0 radical (unpaired) electrons. The van der Waals surface area contributed by atoms with Gasteiger partial charge in [0.25, 0.3) is 0 Å². The van der Waals surface area contributed by atoms with E-state index in [1.54, 1.807) is 6.07 Å². The average Bonchev–Trinajstić information content (AvgIpc) is 2.42. The van der Waals surface area contributed by atoms with Crippen molar-refractivity contribution in [2.45, 2.75) is 19.3 Å². The van der Waals surface area contributed by atoms with Crippen molar-refractivity contribution in [3.8, 4) is 0 Å². The van der Waals surface area contributed by atoms with Crippen molar-refractivity contribution < 1.29 is 17.6 Å². The molecule has 112 valence electrons. The molecule has 0 saturated heterocycles. The number of benzene rings is 2. The molecule has 0 fully saturated rings. The zero-order valence-electron chi connectivity index (χ0n) is 10.8. The van der Waals surface area contributed by atoms with E-state index in [-0.39, 0.29) is 5.02 Å². The van der Waals surface area contributed by atoms with Crippen LogP contribution in [0.25, 0.3) is 0 Å². The van der Waals surface area contributed by atoms with Crippen molar-refractivity contribution in [3.05, 3.63) is 70.0 Å². The van der Waals surface area contributed by atoms with Crippen molar-refractivity contribution in [1.29, 1.82) is 0 Å². The highest BCUT2D eigenvalue weighted by molar-refractivity contribution is 6.30. The van der Waals surface area contributed by atoms with Gasteiger partial charge in [0, 0.05) is 13.1 Å². The summed E-state index contributed by atoms with van der Waals surface area (Å²) in [5, 5.41) is 3.09. The summed E-state index contributed by atoms with van der Waals surface area (Å²) in [7, 11) is 0. The number of halogens is 5. The Morgan fingerprint density at radius 1 is 0.905 bits per heavy atom. The van der Waals surface area contributed by atoms with Crippen LogP contribution >= 0.6 is 11.6 Å². The van der Waals surface area contributed by atoms with Crippen LogP contribution in [0.2, 0.25) is 5.02 Å². The highest BCUT2D eigenvalue weighted by Gasteiger charge is 2.29. The number of hydrogen-bond acceptors (Lipinski definition) is 1. The molecule has 1 nitrogen and oxygen atoms in total. The zero-order valence-corrected chi connectivity index (χ0v) is 11.6. The average molecular weight is 318 g/mol. The molecule has 2 aromatic carbocycles. The minimum Gasteiger partial charge on any atom is -0.309 e. The molecule has 0 aliphatic carbocycles. The molecule has 0 bridgehead atoms. The van der Waals surface area contributed by atoms with Crippen LogP contribution in [0.4, 0.5) is 17.6 Å². The molecule has 21 heavy (non-hydrogen) atoms. The first kappa shape index (κ1) is 15.8. The fourth-order valence-corrected chi connectivity index (χ4v) is 1.93. The van der Waals surface area contributed by atoms with Crippen LogP contribution in [0.5, 0.6) is 0 Å². The maximum Gasteiger partial charge on any atom is 0.416 e. The van der Waals surface area contributed by atoms with Gasteiger partial charge in [-0.2, -0.15) is 13.2 Å². The highest BCUT2D eigenvalue weighted by Crippen LogP contribution is 2.29. The molecule has 1 N–H and O–H groups in total. The lowest BCUT2D eigenvalue weighted by Crippen LogP contribution is -2.13. The lowest BCUT2D eigenvalue weighted by Gasteiger charge is -2.09. The Kier molecular flexibility index (Phi) is 4.85. The Bertz CT molecular complexity index is 608. The van der Waals surface area contributed by atoms with Gasteiger partial charge in [-0.3, -0.25) is 0 Å². The van der Waals surface area contributed by atoms with Gasteiger partial charge in [0.15, 0.2) is 0 Å². The third-order valence-corrected chi connectivity index (χ3v) is 3.23. The number of rotatable bonds is 4. The van der Waals surface area contributed by atoms with Gasteiger partial charge in [-0.15, -0.1) is 0 Å². The second kappa shape index (κ2) is 6.45. The van der Waals surface area contributed by atoms with E-state index in [0.29, 0.717) is 18.7 Å². The molecular formula is C15H12ClF4N. The lowest BCUT2D eigenvalue weighted by atomic mass is 10.1. The molecule has 0 aromatic heterocycles. The van der Waals surface area contributed by atoms with Crippen LogP contribution in [-0.4, -0.2) is 0 Å². The Morgan fingerprint density at radius 2 is 1.48 bits per heavy atom. The summed E-state index contributed by atoms with van der Waals surface area (Å²) in [5.74, 6) is -0.495. The molecule has 0 amide bonds. The summed E-state index contributed by atoms with van der Waals surface area (Å²) in [6.45, 7) is 0.789. The van der Waals surface area contributed by atoms with Crippen LogP contribution < -0.4 is 5.32 Å². The monoisotopic (exact) mass is 317 g/mol. The van der Waals surface area contributed by atoms with E-state index in [1.165, 1.54) is 24.3 Å². The molecule has 6 heteroatoms. The van der Waals surface area contributed by atoms with E-state index in [4.69, 9.17) is 11.6 Å². The smallest absolute Gasteiger partial charge is 0.309 e. The summed E-state index contributed by atoms with van der Waals surface area (Å²) in [5.41, 5.74) is 0.757. The van der Waals surface area contributed by atoms with Gasteiger partial charge in [-0.05, 0) is 35.4 Å². The molecule has 2 rings (SSSR count). The van der Waals surface area contributed by atoms with E-state index >= 15 is 0 Å². The number of hydrogen-bond donors (Lipinski definition) is 1. The van der Waals surface area contributed by atoms with Gasteiger partial charge < -0.3 is 5.32 Å². The van der Waals surface area contributed by atoms with Gasteiger partial charge in [0.2, 0.25) is 0 Å². The van der Waals surface area contributed by atoms with E-state index in [2.05, 4.69) is 5.32 Å². The van der Waals surface area contributed by atoms with Crippen LogP contribution in [0.15, 0.2) is 42.5 Å². The summed E-state index contributed by atoms with van der Waals surface area (Å²) in [6, 6.07) is 9.38. The maximum atomic E-state index is 13.2. The minimum atomic E-state index is -4.33.